The molecule has 7 heteroatoms. The fourth-order valence-electron chi connectivity index (χ4n) is 3.62. The molecule has 0 aliphatic rings. The zero-order valence-electron chi connectivity index (χ0n) is 17.0. The summed E-state index contributed by atoms with van der Waals surface area (Å²) in [5.74, 6) is 1.05. The molecule has 0 saturated carbocycles. The molecule has 4 rings (SSSR count). The minimum Gasteiger partial charge on any atom is -0.309 e. The van der Waals surface area contributed by atoms with Crippen molar-refractivity contribution in [3.63, 3.8) is 0 Å². The molecule has 3 heterocycles. The van der Waals surface area contributed by atoms with Gasteiger partial charge in [-0.2, -0.15) is 0 Å². The van der Waals surface area contributed by atoms with Gasteiger partial charge < -0.3 is 4.98 Å². The third kappa shape index (κ3) is 3.60. The number of aromatic amines is 1. The molecule has 148 valence electrons. The summed E-state index contributed by atoms with van der Waals surface area (Å²) in [5.41, 5.74) is 5.09. The molecule has 0 unspecified atom stereocenters. The zero-order chi connectivity index (χ0) is 20.9. The van der Waals surface area contributed by atoms with Crippen molar-refractivity contribution < 1.29 is 4.79 Å². The van der Waals surface area contributed by atoms with E-state index in [9.17, 15) is 9.59 Å². The van der Waals surface area contributed by atoms with Gasteiger partial charge >= 0.3 is 0 Å². The second-order valence-electron chi connectivity index (χ2n) is 7.35. The Bertz CT molecular complexity index is 1350. The molecular weight excluding hydrogens is 402 g/mol. The molecule has 0 amide bonds. The number of thiophene rings is 1. The van der Waals surface area contributed by atoms with E-state index in [1.54, 1.807) is 18.7 Å². The molecule has 3 aromatic heterocycles. The molecule has 4 aromatic rings. The predicted octanol–water partition coefficient (Wildman–Crippen LogP) is 5.26. The molecule has 0 bridgehead atoms. The Morgan fingerprint density at radius 2 is 1.86 bits per heavy atom. The summed E-state index contributed by atoms with van der Waals surface area (Å²) in [6, 6.07) is 6.38. The van der Waals surface area contributed by atoms with Gasteiger partial charge in [-0.1, -0.05) is 23.4 Å². The summed E-state index contributed by atoms with van der Waals surface area (Å²) >= 11 is 2.83. The number of benzene rings is 1. The number of nitrogens with zero attached hydrogens (tertiary/aromatic N) is 2. The SMILES string of the molecule is CC(=O)c1sc2nc(CSc3cc(C)c4cc(C)cc(C)c4n3)[nH]c(=O)c2c1C. The minimum absolute atomic E-state index is 0.0396. The Labute approximate surface area is 176 Å². The zero-order valence-corrected chi connectivity index (χ0v) is 18.6. The van der Waals surface area contributed by atoms with Crippen LogP contribution in [0.25, 0.3) is 21.1 Å². The van der Waals surface area contributed by atoms with Gasteiger partial charge in [0.05, 0.1) is 26.6 Å². The van der Waals surface area contributed by atoms with E-state index < -0.39 is 0 Å². The van der Waals surface area contributed by atoms with Crippen molar-refractivity contribution in [1.29, 1.82) is 0 Å². The maximum absolute atomic E-state index is 12.5. The standard InChI is InChI=1S/C22H21N3O2S2/c1-10-6-12(3)19-15(7-10)11(2)8-17(25-19)28-9-16-23-21(27)18-13(4)20(14(5)26)29-22(18)24-16/h6-8H,9H2,1-5H3,(H,23,24,27). The van der Waals surface area contributed by atoms with Crippen LogP contribution in [0.4, 0.5) is 0 Å². The second kappa shape index (κ2) is 7.39. The number of aryl methyl sites for hydroxylation is 4. The Morgan fingerprint density at radius 1 is 1.10 bits per heavy atom. The Hall–Kier alpha value is -2.51. The minimum atomic E-state index is -0.194. The highest BCUT2D eigenvalue weighted by molar-refractivity contribution is 7.98. The van der Waals surface area contributed by atoms with Crippen LogP contribution in [-0.4, -0.2) is 20.7 Å². The third-order valence-corrected chi connectivity index (χ3v) is 7.17. The average molecular weight is 424 g/mol. The van der Waals surface area contributed by atoms with E-state index in [-0.39, 0.29) is 11.3 Å². The van der Waals surface area contributed by atoms with Gasteiger partial charge in [0.15, 0.2) is 5.78 Å². The lowest BCUT2D eigenvalue weighted by Crippen LogP contribution is -2.11. The number of pyridine rings is 1. The van der Waals surface area contributed by atoms with E-state index in [2.05, 4.69) is 48.9 Å². The summed E-state index contributed by atoms with van der Waals surface area (Å²) in [6.45, 7) is 9.58. The van der Waals surface area contributed by atoms with Gasteiger partial charge in [0.25, 0.3) is 5.56 Å². The number of carbonyl (C=O) groups excluding carboxylic acids is 1. The number of ketones is 1. The van der Waals surface area contributed by atoms with E-state index in [1.165, 1.54) is 34.8 Å². The molecular formula is C22H21N3O2S2. The van der Waals surface area contributed by atoms with Crippen LogP contribution >= 0.6 is 23.1 Å². The number of aromatic nitrogens is 3. The molecule has 1 aromatic carbocycles. The number of hydrogen-bond donors (Lipinski definition) is 1. The number of rotatable bonds is 4. The van der Waals surface area contributed by atoms with Gasteiger partial charge in [0.2, 0.25) is 0 Å². The summed E-state index contributed by atoms with van der Waals surface area (Å²) < 4.78 is 0. The van der Waals surface area contributed by atoms with Crippen molar-refractivity contribution in [3.05, 3.63) is 61.5 Å². The Morgan fingerprint density at radius 3 is 2.59 bits per heavy atom. The van der Waals surface area contributed by atoms with Crippen molar-refractivity contribution in [3.8, 4) is 0 Å². The average Bonchev–Trinajstić information content (AvgIpc) is 2.98. The fraction of sp³-hybridized carbons (Fsp3) is 0.273. The second-order valence-corrected chi connectivity index (χ2v) is 9.34. The lowest BCUT2D eigenvalue weighted by atomic mass is 10.0. The van der Waals surface area contributed by atoms with Crippen LogP contribution in [0.5, 0.6) is 0 Å². The molecule has 0 radical (unpaired) electrons. The van der Waals surface area contributed by atoms with Crippen molar-refractivity contribution in [2.75, 3.05) is 0 Å². The van der Waals surface area contributed by atoms with Crippen LogP contribution in [0, 0.1) is 27.7 Å². The molecule has 0 spiro atoms. The van der Waals surface area contributed by atoms with Crippen LogP contribution in [-0.2, 0) is 5.75 Å². The molecule has 1 N–H and O–H groups in total. The number of nitrogens with one attached hydrogen (secondary N) is 1. The molecule has 5 nitrogen and oxygen atoms in total. The predicted molar refractivity (Wildman–Crippen MR) is 120 cm³/mol. The summed E-state index contributed by atoms with van der Waals surface area (Å²) in [5, 5.41) is 2.58. The number of H-pyrrole nitrogens is 1. The number of thioether (sulfide) groups is 1. The van der Waals surface area contributed by atoms with Crippen molar-refractivity contribution >= 4 is 50.0 Å². The smallest absolute Gasteiger partial charge is 0.259 e. The van der Waals surface area contributed by atoms with Crippen LogP contribution in [0.3, 0.4) is 0 Å². The molecule has 0 fully saturated rings. The maximum atomic E-state index is 12.5. The van der Waals surface area contributed by atoms with E-state index in [1.807, 2.05) is 0 Å². The number of carbonyl (C=O) groups is 1. The van der Waals surface area contributed by atoms with E-state index in [0.717, 1.165) is 16.1 Å². The molecule has 0 saturated heterocycles. The highest BCUT2D eigenvalue weighted by Crippen LogP contribution is 2.30. The van der Waals surface area contributed by atoms with Gasteiger partial charge in [-0.15, -0.1) is 11.3 Å². The molecule has 0 atom stereocenters. The fourth-order valence-corrected chi connectivity index (χ4v) is 5.56. The topological polar surface area (TPSA) is 75.7 Å². The summed E-state index contributed by atoms with van der Waals surface area (Å²) in [4.78, 5) is 37.8. The number of Topliss-reactive ketones (excluding diaryl/α,β-unsaturated/α-hetero) is 1. The molecule has 0 aliphatic heterocycles. The van der Waals surface area contributed by atoms with Gasteiger partial charge in [-0.3, -0.25) is 9.59 Å². The maximum Gasteiger partial charge on any atom is 0.259 e. The first-order valence-corrected chi connectivity index (χ1v) is 11.1. The summed E-state index contributed by atoms with van der Waals surface area (Å²) in [6.07, 6.45) is 0. The Balaban J connectivity index is 1.68. The van der Waals surface area contributed by atoms with Crippen molar-refractivity contribution in [2.24, 2.45) is 0 Å². The quantitative estimate of drug-likeness (QED) is 0.358. The highest BCUT2D eigenvalue weighted by atomic mass is 32.2. The highest BCUT2D eigenvalue weighted by Gasteiger charge is 2.17. The van der Waals surface area contributed by atoms with Crippen molar-refractivity contribution in [2.45, 2.75) is 45.4 Å². The first kappa shape index (κ1) is 19.8. The number of hydrogen-bond acceptors (Lipinski definition) is 6. The van der Waals surface area contributed by atoms with E-state index in [4.69, 9.17) is 4.98 Å². The number of fused-ring (bicyclic) bond motifs is 2. The Kier molecular flexibility index (Phi) is 5.04. The van der Waals surface area contributed by atoms with Gasteiger partial charge in [0.1, 0.15) is 10.7 Å². The van der Waals surface area contributed by atoms with E-state index >= 15 is 0 Å². The molecule has 29 heavy (non-hydrogen) atoms. The normalized spacial score (nSPS) is 11.5. The lowest BCUT2D eigenvalue weighted by molar-refractivity contribution is 0.102. The molecule has 0 aliphatic carbocycles. The van der Waals surface area contributed by atoms with E-state index in [0.29, 0.717) is 32.2 Å². The third-order valence-electron chi connectivity index (χ3n) is 4.96. The largest absolute Gasteiger partial charge is 0.309 e. The monoisotopic (exact) mass is 423 g/mol. The first-order valence-electron chi connectivity index (χ1n) is 9.29. The van der Waals surface area contributed by atoms with Gasteiger partial charge in [-0.05, 0) is 63.4 Å². The van der Waals surface area contributed by atoms with Gasteiger partial charge in [-0.25, -0.2) is 9.97 Å². The van der Waals surface area contributed by atoms with Gasteiger partial charge in [0, 0.05) is 5.39 Å². The first-order chi connectivity index (χ1) is 13.7. The van der Waals surface area contributed by atoms with Crippen LogP contribution in [0.1, 0.15) is 44.7 Å². The van der Waals surface area contributed by atoms with Crippen LogP contribution in [0.2, 0.25) is 0 Å². The van der Waals surface area contributed by atoms with Crippen LogP contribution in [0.15, 0.2) is 28.0 Å². The van der Waals surface area contributed by atoms with Crippen LogP contribution < -0.4 is 5.56 Å². The summed E-state index contributed by atoms with van der Waals surface area (Å²) in [7, 11) is 0. The van der Waals surface area contributed by atoms with Crippen molar-refractivity contribution in [1.82, 2.24) is 15.0 Å². The lowest BCUT2D eigenvalue weighted by Gasteiger charge is -2.09.